The maximum atomic E-state index is 4.84. The van der Waals surface area contributed by atoms with Gasteiger partial charge in [-0.3, -0.25) is 0 Å². The average molecular weight is 365 g/mol. The Labute approximate surface area is 160 Å². The molecule has 0 bridgehead atoms. The highest BCUT2D eigenvalue weighted by Crippen LogP contribution is 2.30. The summed E-state index contributed by atoms with van der Waals surface area (Å²) >= 11 is 0. The zero-order chi connectivity index (χ0) is 18.2. The number of anilines is 3. The summed E-state index contributed by atoms with van der Waals surface area (Å²) < 4.78 is 0. The molecule has 142 valence electrons. The maximum absolute atomic E-state index is 4.84. The first kappa shape index (κ1) is 16.7. The maximum Gasteiger partial charge on any atom is 0.227 e. The molecule has 0 amide bonds. The molecule has 2 aromatic heterocycles. The molecule has 7 nitrogen and oxygen atoms in total. The third-order valence-corrected chi connectivity index (χ3v) is 5.94. The van der Waals surface area contributed by atoms with Gasteiger partial charge in [0.25, 0.3) is 0 Å². The summed E-state index contributed by atoms with van der Waals surface area (Å²) in [7, 11) is 0. The van der Waals surface area contributed by atoms with Crippen LogP contribution in [0.25, 0.3) is 0 Å². The molecule has 4 heterocycles. The van der Waals surface area contributed by atoms with Gasteiger partial charge in [0.2, 0.25) is 5.95 Å². The van der Waals surface area contributed by atoms with E-state index in [1.54, 1.807) is 0 Å². The minimum atomic E-state index is 0.886. The number of hydrogen-bond acceptors (Lipinski definition) is 7. The van der Waals surface area contributed by atoms with Crippen molar-refractivity contribution in [2.75, 3.05) is 54.0 Å². The van der Waals surface area contributed by atoms with Crippen molar-refractivity contribution < 1.29 is 0 Å². The molecule has 2 saturated heterocycles. The lowest BCUT2D eigenvalue weighted by Gasteiger charge is -2.37. The zero-order valence-corrected chi connectivity index (χ0v) is 16.1. The first-order chi connectivity index (χ1) is 13.3. The van der Waals surface area contributed by atoms with Crippen molar-refractivity contribution in [2.45, 2.75) is 39.0 Å². The molecule has 0 radical (unpaired) electrons. The predicted octanol–water partition coefficient (Wildman–Crippen LogP) is 1.99. The first-order valence-corrected chi connectivity index (χ1v) is 10.2. The van der Waals surface area contributed by atoms with Crippen LogP contribution in [0.15, 0.2) is 12.3 Å². The van der Waals surface area contributed by atoms with Crippen molar-refractivity contribution in [3.8, 4) is 0 Å². The number of rotatable bonds is 3. The number of hydrogen-bond donors (Lipinski definition) is 0. The molecule has 5 rings (SSSR count). The SMILES string of the molecule is Cc1nc2c(c(N3CCN(c4ccnc(N5CCCC5)n4)CC3)n1)CCC2. The van der Waals surface area contributed by atoms with Crippen LogP contribution < -0.4 is 14.7 Å². The van der Waals surface area contributed by atoms with Crippen LogP contribution in [0.5, 0.6) is 0 Å². The van der Waals surface area contributed by atoms with Crippen molar-refractivity contribution in [1.82, 2.24) is 19.9 Å². The second-order valence-corrected chi connectivity index (χ2v) is 7.76. The summed E-state index contributed by atoms with van der Waals surface area (Å²) in [4.78, 5) is 25.9. The summed E-state index contributed by atoms with van der Waals surface area (Å²) in [6, 6.07) is 2.04. The fourth-order valence-electron chi connectivity index (χ4n) is 4.53. The van der Waals surface area contributed by atoms with E-state index in [0.29, 0.717) is 0 Å². The minimum absolute atomic E-state index is 0.886. The van der Waals surface area contributed by atoms with Crippen molar-refractivity contribution in [1.29, 1.82) is 0 Å². The van der Waals surface area contributed by atoms with E-state index in [9.17, 15) is 0 Å². The van der Waals surface area contributed by atoms with E-state index in [4.69, 9.17) is 9.97 Å². The molecule has 2 fully saturated rings. The molecule has 1 aliphatic carbocycles. The molecule has 2 aliphatic heterocycles. The molecule has 0 unspecified atom stereocenters. The molecule has 0 N–H and O–H groups in total. The largest absolute Gasteiger partial charge is 0.353 e. The average Bonchev–Trinajstić information content (AvgIpc) is 3.39. The Morgan fingerprint density at radius 1 is 0.778 bits per heavy atom. The molecular formula is C20H27N7. The standard InChI is InChI=1S/C20H27N7/c1-15-22-17-6-4-5-16(17)19(23-15)26-13-11-25(12-14-26)18-7-8-21-20(24-18)27-9-2-3-10-27/h7-8H,2-6,9-14H2,1H3. The van der Waals surface area contributed by atoms with Gasteiger partial charge in [-0.25, -0.2) is 15.0 Å². The van der Waals surface area contributed by atoms with Gasteiger partial charge in [-0.05, 0) is 45.1 Å². The van der Waals surface area contributed by atoms with E-state index < -0.39 is 0 Å². The highest BCUT2D eigenvalue weighted by atomic mass is 15.3. The van der Waals surface area contributed by atoms with Crippen molar-refractivity contribution in [3.63, 3.8) is 0 Å². The van der Waals surface area contributed by atoms with Crippen molar-refractivity contribution in [3.05, 3.63) is 29.3 Å². The van der Waals surface area contributed by atoms with Crippen LogP contribution >= 0.6 is 0 Å². The van der Waals surface area contributed by atoms with Crippen LogP contribution in [0.1, 0.15) is 36.3 Å². The minimum Gasteiger partial charge on any atom is -0.353 e. The molecule has 27 heavy (non-hydrogen) atoms. The number of nitrogens with zero attached hydrogens (tertiary/aromatic N) is 7. The topological polar surface area (TPSA) is 61.3 Å². The van der Waals surface area contributed by atoms with E-state index in [-0.39, 0.29) is 0 Å². The summed E-state index contributed by atoms with van der Waals surface area (Å²) in [5.74, 6) is 4.02. The van der Waals surface area contributed by atoms with Crippen LogP contribution in [0.3, 0.4) is 0 Å². The van der Waals surface area contributed by atoms with Crippen LogP contribution in [-0.2, 0) is 12.8 Å². The molecule has 2 aromatic rings. The van der Waals surface area contributed by atoms with Gasteiger partial charge in [-0.1, -0.05) is 0 Å². The van der Waals surface area contributed by atoms with E-state index in [2.05, 4.69) is 24.7 Å². The highest BCUT2D eigenvalue weighted by Gasteiger charge is 2.26. The quantitative estimate of drug-likeness (QED) is 0.824. The van der Waals surface area contributed by atoms with Crippen LogP contribution in [0.4, 0.5) is 17.6 Å². The zero-order valence-electron chi connectivity index (χ0n) is 16.1. The lowest BCUT2D eigenvalue weighted by Crippen LogP contribution is -2.47. The van der Waals surface area contributed by atoms with Crippen LogP contribution in [-0.4, -0.2) is 59.2 Å². The highest BCUT2D eigenvalue weighted by molar-refractivity contribution is 5.53. The van der Waals surface area contributed by atoms with E-state index in [1.807, 2.05) is 19.2 Å². The van der Waals surface area contributed by atoms with Crippen molar-refractivity contribution in [2.24, 2.45) is 0 Å². The Morgan fingerprint density at radius 3 is 2.37 bits per heavy atom. The third kappa shape index (κ3) is 3.19. The number of fused-ring (bicyclic) bond motifs is 1. The van der Waals surface area contributed by atoms with Crippen LogP contribution in [0, 0.1) is 6.92 Å². The monoisotopic (exact) mass is 365 g/mol. The number of aromatic nitrogens is 4. The van der Waals surface area contributed by atoms with Gasteiger partial charge in [0.15, 0.2) is 0 Å². The Hall–Kier alpha value is -2.44. The van der Waals surface area contributed by atoms with Gasteiger partial charge in [-0.15, -0.1) is 0 Å². The van der Waals surface area contributed by atoms with Crippen LogP contribution in [0.2, 0.25) is 0 Å². The van der Waals surface area contributed by atoms with Gasteiger partial charge in [0, 0.05) is 56.7 Å². The molecule has 3 aliphatic rings. The summed E-state index contributed by atoms with van der Waals surface area (Å²) in [5.41, 5.74) is 2.65. The van der Waals surface area contributed by atoms with Gasteiger partial charge < -0.3 is 14.7 Å². The second-order valence-electron chi connectivity index (χ2n) is 7.76. The molecule has 7 heteroatoms. The fraction of sp³-hybridized carbons (Fsp3) is 0.600. The molecule has 0 saturated carbocycles. The van der Waals surface area contributed by atoms with Gasteiger partial charge in [0.05, 0.1) is 0 Å². The normalized spacial score (nSPS) is 19.7. The summed E-state index contributed by atoms with van der Waals surface area (Å²) in [6.45, 7) is 8.06. The van der Waals surface area contributed by atoms with E-state index >= 15 is 0 Å². The van der Waals surface area contributed by atoms with E-state index in [1.165, 1.54) is 36.3 Å². The fourth-order valence-corrected chi connectivity index (χ4v) is 4.53. The predicted molar refractivity (Wildman–Crippen MR) is 107 cm³/mol. The third-order valence-electron chi connectivity index (χ3n) is 5.94. The molecule has 0 aromatic carbocycles. The molecular weight excluding hydrogens is 338 g/mol. The lowest BCUT2D eigenvalue weighted by molar-refractivity contribution is 0.636. The summed E-state index contributed by atoms with van der Waals surface area (Å²) in [5, 5.41) is 0. The van der Waals surface area contributed by atoms with Gasteiger partial charge in [0.1, 0.15) is 17.5 Å². The molecule has 0 atom stereocenters. The second kappa shape index (κ2) is 6.94. The lowest BCUT2D eigenvalue weighted by atomic mass is 10.2. The Kier molecular flexibility index (Phi) is 4.30. The Morgan fingerprint density at radius 2 is 1.56 bits per heavy atom. The number of aryl methyl sites for hydroxylation is 2. The first-order valence-electron chi connectivity index (χ1n) is 10.2. The van der Waals surface area contributed by atoms with E-state index in [0.717, 1.165) is 69.7 Å². The smallest absolute Gasteiger partial charge is 0.227 e. The summed E-state index contributed by atoms with van der Waals surface area (Å²) in [6.07, 6.45) is 7.83. The van der Waals surface area contributed by atoms with Crippen molar-refractivity contribution >= 4 is 17.6 Å². The molecule has 0 spiro atoms. The van der Waals surface area contributed by atoms with Gasteiger partial charge in [-0.2, -0.15) is 4.98 Å². The number of piperazine rings is 1. The van der Waals surface area contributed by atoms with Gasteiger partial charge >= 0.3 is 0 Å². The Balaban J connectivity index is 1.30. The Bertz CT molecular complexity index is 823.